The van der Waals surface area contributed by atoms with Crippen LogP contribution in [-0.4, -0.2) is 16.6 Å². The second-order valence-electron chi connectivity index (χ2n) is 3.20. The molecule has 0 bridgehead atoms. The smallest absolute Gasteiger partial charge is 0.0918 e. The van der Waals surface area contributed by atoms with Gasteiger partial charge in [0, 0.05) is 24.3 Å². The molecule has 1 aromatic carbocycles. The summed E-state index contributed by atoms with van der Waals surface area (Å²) < 4.78 is 0. The van der Waals surface area contributed by atoms with Crippen LogP contribution in [0.2, 0.25) is 0 Å². The molecule has 1 heterocycles. The van der Waals surface area contributed by atoms with Gasteiger partial charge in [-0.1, -0.05) is 18.2 Å². The minimum Gasteiger partial charge on any atom is -0.387 e. The Kier molecular flexibility index (Phi) is 2.43. The molecule has 0 spiro atoms. The van der Waals surface area contributed by atoms with Gasteiger partial charge in [0.25, 0.3) is 0 Å². The minimum absolute atomic E-state index is 0.230. The number of aromatic nitrogens is 1. The van der Waals surface area contributed by atoms with E-state index in [1.165, 1.54) is 0 Å². The van der Waals surface area contributed by atoms with Crippen LogP contribution >= 0.6 is 0 Å². The van der Waals surface area contributed by atoms with Crippen molar-refractivity contribution in [2.24, 2.45) is 5.73 Å². The Morgan fingerprint density at radius 1 is 1.36 bits per heavy atom. The first-order valence-electron chi connectivity index (χ1n) is 4.53. The van der Waals surface area contributed by atoms with E-state index in [9.17, 15) is 5.11 Å². The van der Waals surface area contributed by atoms with Crippen LogP contribution in [0.15, 0.2) is 36.7 Å². The van der Waals surface area contributed by atoms with E-state index in [1.807, 2.05) is 24.3 Å². The number of pyridine rings is 1. The molecule has 0 saturated heterocycles. The molecule has 0 amide bonds. The van der Waals surface area contributed by atoms with Gasteiger partial charge >= 0.3 is 0 Å². The molecule has 0 aliphatic carbocycles. The summed E-state index contributed by atoms with van der Waals surface area (Å²) in [6.07, 6.45) is 2.88. The monoisotopic (exact) mass is 188 g/mol. The van der Waals surface area contributed by atoms with E-state index in [-0.39, 0.29) is 6.54 Å². The van der Waals surface area contributed by atoms with Gasteiger partial charge in [-0.15, -0.1) is 0 Å². The molecule has 1 unspecified atom stereocenters. The Hall–Kier alpha value is -1.45. The molecule has 2 rings (SSSR count). The maximum atomic E-state index is 9.67. The average molecular weight is 188 g/mol. The Bertz CT molecular complexity index is 437. The van der Waals surface area contributed by atoms with Gasteiger partial charge < -0.3 is 10.8 Å². The summed E-state index contributed by atoms with van der Waals surface area (Å²) in [5, 5.41) is 11.7. The second kappa shape index (κ2) is 3.74. The van der Waals surface area contributed by atoms with E-state index in [2.05, 4.69) is 4.98 Å². The highest BCUT2D eigenvalue weighted by atomic mass is 16.3. The first-order chi connectivity index (χ1) is 6.83. The first kappa shape index (κ1) is 9.12. The van der Waals surface area contributed by atoms with Crippen molar-refractivity contribution >= 4 is 10.8 Å². The van der Waals surface area contributed by atoms with Crippen LogP contribution in [-0.2, 0) is 0 Å². The van der Waals surface area contributed by atoms with Gasteiger partial charge in [-0.25, -0.2) is 0 Å². The van der Waals surface area contributed by atoms with Gasteiger partial charge in [-0.3, -0.25) is 4.98 Å². The number of nitrogens with two attached hydrogens (primary N) is 1. The minimum atomic E-state index is -0.608. The van der Waals surface area contributed by atoms with E-state index in [0.29, 0.717) is 0 Å². The highest BCUT2D eigenvalue weighted by molar-refractivity contribution is 5.85. The van der Waals surface area contributed by atoms with E-state index in [0.717, 1.165) is 16.3 Å². The molecule has 3 N–H and O–H groups in total. The SMILES string of the molecule is NCC(O)c1cccc2ccncc12. The van der Waals surface area contributed by atoms with Crippen molar-refractivity contribution in [1.29, 1.82) is 0 Å². The highest BCUT2D eigenvalue weighted by Crippen LogP contribution is 2.22. The van der Waals surface area contributed by atoms with Crippen LogP contribution in [0, 0.1) is 0 Å². The van der Waals surface area contributed by atoms with Crippen molar-refractivity contribution in [2.75, 3.05) is 6.54 Å². The molecule has 2 aromatic rings. The predicted octanol–water partition coefficient (Wildman–Crippen LogP) is 1.23. The van der Waals surface area contributed by atoms with Gasteiger partial charge in [-0.2, -0.15) is 0 Å². The van der Waals surface area contributed by atoms with Crippen molar-refractivity contribution in [1.82, 2.24) is 4.98 Å². The zero-order chi connectivity index (χ0) is 9.97. The Labute approximate surface area is 82.2 Å². The number of benzene rings is 1. The van der Waals surface area contributed by atoms with Crippen molar-refractivity contribution in [2.45, 2.75) is 6.10 Å². The number of hydrogen-bond donors (Lipinski definition) is 2. The Morgan fingerprint density at radius 3 is 3.00 bits per heavy atom. The predicted molar refractivity (Wildman–Crippen MR) is 55.8 cm³/mol. The van der Waals surface area contributed by atoms with Crippen LogP contribution in [0.1, 0.15) is 11.7 Å². The highest BCUT2D eigenvalue weighted by Gasteiger charge is 2.08. The summed E-state index contributed by atoms with van der Waals surface area (Å²) in [4.78, 5) is 4.04. The molecule has 1 atom stereocenters. The van der Waals surface area contributed by atoms with Crippen molar-refractivity contribution in [3.05, 3.63) is 42.2 Å². The molecule has 0 aliphatic rings. The standard InChI is InChI=1S/C11H12N2O/c12-6-11(14)9-3-1-2-8-4-5-13-7-10(8)9/h1-5,7,11,14H,6,12H2. The number of fused-ring (bicyclic) bond motifs is 1. The Balaban J connectivity index is 2.65. The number of nitrogens with zero attached hydrogens (tertiary/aromatic N) is 1. The molecular formula is C11H12N2O. The van der Waals surface area contributed by atoms with E-state index in [1.54, 1.807) is 12.4 Å². The maximum Gasteiger partial charge on any atom is 0.0918 e. The van der Waals surface area contributed by atoms with Crippen molar-refractivity contribution in [3.8, 4) is 0 Å². The largest absolute Gasteiger partial charge is 0.387 e. The summed E-state index contributed by atoms with van der Waals surface area (Å²) in [7, 11) is 0. The summed E-state index contributed by atoms with van der Waals surface area (Å²) in [6, 6.07) is 7.70. The van der Waals surface area contributed by atoms with Gasteiger partial charge in [-0.05, 0) is 17.0 Å². The third-order valence-electron chi connectivity index (χ3n) is 2.30. The molecule has 0 radical (unpaired) electrons. The van der Waals surface area contributed by atoms with Crippen LogP contribution in [0.25, 0.3) is 10.8 Å². The van der Waals surface area contributed by atoms with Crippen LogP contribution in [0.4, 0.5) is 0 Å². The number of rotatable bonds is 2. The van der Waals surface area contributed by atoms with Crippen LogP contribution in [0.5, 0.6) is 0 Å². The Morgan fingerprint density at radius 2 is 2.21 bits per heavy atom. The molecule has 14 heavy (non-hydrogen) atoms. The van der Waals surface area contributed by atoms with Crippen LogP contribution in [0.3, 0.4) is 0 Å². The average Bonchev–Trinajstić information content (AvgIpc) is 2.27. The first-order valence-corrected chi connectivity index (χ1v) is 4.53. The lowest BCUT2D eigenvalue weighted by molar-refractivity contribution is 0.188. The quantitative estimate of drug-likeness (QED) is 0.745. The molecule has 1 aromatic heterocycles. The second-order valence-corrected chi connectivity index (χ2v) is 3.20. The van der Waals surface area contributed by atoms with Gasteiger partial charge in [0.15, 0.2) is 0 Å². The molecule has 72 valence electrons. The lowest BCUT2D eigenvalue weighted by Gasteiger charge is -2.10. The van der Waals surface area contributed by atoms with E-state index < -0.39 is 6.10 Å². The summed E-state index contributed by atoms with van der Waals surface area (Å²) in [5.74, 6) is 0. The van der Waals surface area contributed by atoms with Gasteiger partial charge in [0.2, 0.25) is 0 Å². The number of hydrogen-bond acceptors (Lipinski definition) is 3. The number of aliphatic hydroxyl groups is 1. The fraction of sp³-hybridized carbons (Fsp3) is 0.182. The maximum absolute atomic E-state index is 9.67. The molecule has 0 aliphatic heterocycles. The lowest BCUT2D eigenvalue weighted by atomic mass is 10.0. The molecule has 3 heteroatoms. The molecule has 3 nitrogen and oxygen atoms in total. The topological polar surface area (TPSA) is 59.1 Å². The third kappa shape index (κ3) is 1.47. The summed E-state index contributed by atoms with van der Waals surface area (Å²) in [5.41, 5.74) is 6.27. The van der Waals surface area contributed by atoms with E-state index in [4.69, 9.17) is 5.73 Å². The van der Waals surface area contributed by atoms with Crippen molar-refractivity contribution in [3.63, 3.8) is 0 Å². The fourth-order valence-electron chi connectivity index (χ4n) is 1.55. The fourth-order valence-corrected chi connectivity index (χ4v) is 1.55. The summed E-state index contributed by atoms with van der Waals surface area (Å²) >= 11 is 0. The van der Waals surface area contributed by atoms with Gasteiger partial charge in [0.05, 0.1) is 6.10 Å². The number of aliphatic hydroxyl groups excluding tert-OH is 1. The molecule has 0 fully saturated rings. The molecular weight excluding hydrogens is 176 g/mol. The normalized spacial score (nSPS) is 13.0. The van der Waals surface area contributed by atoms with Crippen molar-refractivity contribution < 1.29 is 5.11 Å². The van der Waals surface area contributed by atoms with E-state index >= 15 is 0 Å². The summed E-state index contributed by atoms with van der Waals surface area (Å²) in [6.45, 7) is 0.230. The zero-order valence-corrected chi connectivity index (χ0v) is 7.72. The molecule has 0 saturated carbocycles. The zero-order valence-electron chi connectivity index (χ0n) is 7.72. The van der Waals surface area contributed by atoms with Crippen LogP contribution < -0.4 is 5.73 Å². The third-order valence-corrected chi connectivity index (χ3v) is 2.30. The lowest BCUT2D eigenvalue weighted by Crippen LogP contribution is -2.11. The van der Waals surface area contributed by atoms with Gasteiger partial charge in [0.1, 0.15) is 0 Å².